The minimum absolute atomic E-state index is 0.153. The summed E-state index contributed by atoms with van der Waals surface area (Å²) in [5.41, 5.74) is 0.312. The molecule has 4 saturated carbocycles. The molecule has 4 bridgehead atoms. The molecule has 4 aliphatic carbocycles. The van der Waals surface area contributed by atoms with Crippen LogP contribution >= 0.6 is 0 Å². The Morgan fingerprint density at radius 3 is 2.44 bits per heavy atom. The topological polar surface area (TPSA) is 99.4 Å². The average molecular weight is 368 g/mol. The van der Waals surface area contributed by atoms with Gasteiger partial charge in [-0.25, -0.2) is 0 Å². The van der Waals surface area contributed by atoms with Crippen molar-refractivity contribution >= 4 is 17.6 Å². The number of rotatable bonds is 5. The van der Waals surface area contributed by atoms with E-state index in [2.05, 4.69) is 5.32 Å². The first-order chi connectivity index (χ1) is 12.9. The van der Waals surface area contributed by atoms with E-state index in [1.54, 1.807) is 24.3 Å². The molecule has 142 valence electrons. The molecule has 6 heteroatoms. The highest BCUT2D eigenvalue weighted by Gasteiger charge is 2.57. The highest BCUT2D eigenvalue weighted by Crippen LogP contribution is 2.62. The maximum Gasteiger partial charge on any atom is 0.306 e. The molecule has 0 heterocycles. The number of amides is 1. The van der Waals surface area contributed by atoms with Crippen molar-refractivity contribution in [2.45, 2.75) is 50.5 Å². The Morgan fingerprint density at radius 1 is 1.19 bits per heavy atom. The van der Waals surface area contributed by atoms with Crippen LogP contribution in [0.4, 0.5) is 5.69 Å². The molecule has 1 aromatic rings. The summed E-state index contributed by atoms with van der Waals surface area (Å²) in [6.45, 7) is -0.327. The van der Waals surface area contributed by atoms with Gasteiger partial charge < -0.3 is 15.2 Å². The second-order valence-corrected chi connectivity index (χ2v) is 8.76. The number of hydrogen-bond donors (Lipinski definition) is 2. The zero-order valence-electron chi connectivity index (χ0n) is 15.2. The molecule has 4 atom stereocenters. The fraction of sp³-hybridized carbons (Fsp3) is 0.571. The van der Waals surface area contributed by atoms with Crippen LogP contribution in [-0.4, -0.2) is 29.2 Å². The lowest BCUT2D eigenvalue weighted by Gasteiger charge is -2.60. The molecule has 0 radical (unpaired) electrons. The molecule has 6 nitrogen and oxygen atoms in total. The van der Waals surface area contributed by atoms with Crippen molar-refractivity contribution in [2.75, 3.05) is 11.9 Å². The molecule has 0 saturated heterocycles. The minimum atomic E-state index is -0.600. The van der Waals surface area contributed by atoms with E-state index in [1.807, 2.05) is 6.07 Å². The maximum absolute atomic E-state index is 12.4. The van der Waals surface area contributed by atoms with Crippen LogP contribution in [0.25, 0.3) is 0 Å². The molecule has 2 N–H and O–H groups in total. The van der Waals surface area contributed by atoms with Crippen molar-refractivity contribution in [3.63, 3.8) is 0 Å². The number of carbonyl (C=O) groups excluding carboxylic acids is 2. The van der Waals surface area contributed by atoms with Crippen molar-refractivity contribution in [1.82, 2.24) is 0 Å². The molecular formula is C21H24N2O4. The molecular weight excluding hydrogens is 344 g/mol. The lowest BCUT2D eigenvalue weighted by Crippen LogP contribution is -2.56. The van der Waals surface area contributed by atoms with Crippen molar-refractivity contribution in [3.8, 4) is 6.07 Å². The predicted molar refractivity (Wildman–Crippen MR) is 97.4 cm³/mol. The molecule has 27 heavy (non-hydrogen) atoms. The smallest absolute Gasteiger partial charge is 0.306 e. The SMILES string of the molecule is N#Cc1ccc(NC(=O)COC(=O)CC23C[C@@H]4C[C@@H](CC(O)(C4)C2)C3)cc1. The fourth-order valence-electron chi connectivity index (χ4n) is 5.94. The van der Waals surface area contributed by atoms with Gasteiger partial charge in [0.2, 0.25) is 0 Å². The van der Waals surface area contributed by atoms with E-state index in [0.717, 1.165) is 25.7 Å². The van der Waals surface area contributed by atoms with Crippen LogP contribution in [0, 0.1) is 28.6 Å². The van der Waals surface area contributed by atoms with E-state index >= 15 is 0 Å². The van der Waals surface area contributed by atoms with Crippen LogP contribution in [0.15, 0.2) is 24.3 Å². The monoisotopic (exact) mass is 368 g/mol. The normalized spacial score (nSPS) is 33.3. The van der Waals surface area contributed by atoms with Crippen LogP contribution in [0.5, 0.6) is 0 Å². The number of hydrogen-bond acceptors (Lipinski definition) is 5. The Balaban J connectivity index is 1.28. The highest BCUT2D eigenvalue weighted by molar-refractivity contribution is 5.92. The number of carbonyl (C=O) groups is 2. The fourth-order valence-corrected chi connectivity index (χ4v) is 5.94. The van der Waals surface area contributed by atoms with Crippen LogP contribution in [-0.2, 0) is 14.3 Å². The number of esters is 1. The van der Waals surface area contributed by atoms with Gasteiger partial charge in [0, 0.05) is 5.69 Å². The van der Waals surface area contributed by atoms with Crippen LogP contribution in [0.1, 0.15) is 50.5 Å². The summed E-state index contributed by atoms with van der Waals surface area (Å²) in [6, 6.07) is 8.50. The Labute approximate surface area is 158 Å². The first-order valence-electron chi connectivity index (χ1n) is 9.55. The molecule has 4 aliphatic rings. The third-order valence-electron chi connectivity index (χ3n) is 6.33. The number of aliphatic hydroxyl groups is 1. The minimum Gasteiger partial charge on any atom is -0.456 e. The molecule has 0 aromatic heterocycles. The van der Waals surface area contributed by atoms with Gasteiger partial charge in [-0.15, -0.1) is 0 Å². The summed E-state index contributed by atoms with van der Waals surface area (Å²) in [6.07, 6.45) is 5.84. The van der Waals surface area contributed by atoms with Crippen LogP contribution in [0.2, 0.25) is 0 Å². The first-order valence-corrected chi connectivity index (χ1v) is 9.55. The summed E-state index contributed by atoms with van der Waals surface area (Å²) in [7, 11) is 0. The summed E-state index contributed by atoms with van der Waals surface area (Å²) in [4.78, 5) is 24.3. The van der Waals surface area contributed by atoms with Crippen molar-refractivity contribution in [1.29, 1.82) is 5.26 Å². The van der Waals surface area contributed by atoms with E-state index < -0.39 is 11.5 Å². The van der Waals surface area contributed by atoms with E-state index in [0.29, 0.717) is 29.5 Å². The van der Waals surface area contributed by atoms with Gasteiger partial charge in [-0.05, 0) is 80.0 Å². The summed E-state index contributed by atoms with van der Waals surface area (Å²) in [5.74, 6) is 0.264. The molecule has 0 spiro atoms. The van der Waals surface area contributed by atoms with Gasteiger partial charge in [-0.3, -0.25) is 9.59 Å². The van der Waals surface area contributed by atoms with Crippen LogP contribution in [0.3, 0.4) is 0 Å². The number of nitriles is 1. The lowest BCUT2D eigenvalue weighted by atomic mass is 9.47. The van der Waals surface area contributed by atoms with Gasteiger partial charge in [0.15, 0.2) is 6.61 Å². The second-order valence-electron chi connectivity index (χ2n) is 8.76. The standard InChI is InChI=1S/C21H24N2O4/c22-11-14-1-3-17(4-2-14)23-18(24)12-27-19(25)10-20-6-15-5-16(7-20)9-21(26,8-15)13-20/h1-4,15-16,26H,5-10,12-13H2,(H,23,24)/t15-,16+,20?,21?. The Bertz CT molecular complexity index is 781. The quantitative estimate of drug-likeness (QED) is 0.779. The Morgan fingerprint density at radius 2 is 1.85 bits per heavy atom. The molecule has 0 aliphatic heterocycles. The third kappa shape index (κ3) is 3.84. The van der Waals surface area contributed by atoms with Crippen molar-refractivity contribution < 1.29 is 19.4 Å². The molecule has 2 unspecified atom stereocenters. The van der Waals surface area contributed by atoms with Gasteiger partial charge >= 0.3 is 5.97 Å². The van der Waals surface area contributed by atoms with Gasteiger partial charge in [0.1, 0.15) is 0 Å². The average Bonchev–Trinajstić information content (AvgIpc) is 2.58. The highest BCUT2D eigenvalue weighted by atomic mass is 16.5. The maximum atomic E-state index is 12.4. The van der Waals surface area contributed by atoms with Crippen LogP contribution < -0.4 is 5.32 Å². The molecule has 5 rings (SSSR count). The van der Waals surface area contributed by atoms with Gasteiger partial charge in [-0.2, -0.15) is 5.26 Å². The van der Waals surface area contributed by atoms with E-state index in [9.17, 15) is 14.7 Å². The number of nitrogens with zero attached hydrogens (tertiary/aromatic N) is 1. The lowest BCUT2D eigenvalue weighted by molar-refractivity contribution is -0.177. The molecule has 4 fully saturated rings. The number of benzene rings is 1. The zero-order chi connectivity index (χ0) is 19.1. The van der Waals surface area contributed by atoms with E-state index in [4.69, 9.17) is 10.00 Å². The van der Waals surface area contributed by atoms with Crippen molar-refractivity contribution in [3.05, 3.63) is 29.8 Å². The molecule has 1 amide bonds. The third-order valence-corrected chi connectivity index (χ3v) is 6.33. The summed E-state index contributed by atoms with van der Waals surface area (Å²) in [5, 5.41) is 22.2. The van der Waals surface area contributed by atoms with Crippen molar-refractivity contribution in [2.24, 2.45) is 17.3 Å². The van der Waals surface area contributed by atoms with Gasteiger partial charge in [0.25, 0.3) is 5.91 Å². The van der Waals surface area contributed by atoms with E-state index in [-0.39, 0.29) is 24.4 Å². The number of ether oxygens (including phenoxy) is 1. The predicted octanol–water partition coefficient (Wildman–Crippen LogP) is 2.76. The number of nitrogens with one attached hydrogen (secondary N) is 1. The molecule has 1 aromatic carbocycles. The first kappa shape index (κ1) is 18.0. The Hall–Kier alpha value is -2.39. The van der Waals surface area contributed by atoms with Gasteiger partial charge in [-0.1, -0.05) is 0 Å². The number of anilines is 1. The zero-order valence-corrected chi connectivity index (χ0v) is 15.2. The Kier molecular flexibility index (Phi) is 4.43. The second kappa shape index (κ2) is 6.65. The van der Waals surface area contributed by atoms with Gasteiger partial charge in [0.05, 0.1) is 23.7 Å². The largest absolute Gasteiger partial charge is 0.456 e. The summed E-state index contributed by atoms with van der Waals surface area (Å²) >= 11 is 0. The summed E-state index contributed by atoms with van der Waals surface area (Å²) < 4.78 is 5.21. The van der Waals surface area contributed by atoms with E-state index in [1.165, 1.54) is 6.42 Å².